The number of halogens is 4. The average molecular weight is 441 g/mol. The summed E-state index contributed by atoms with van der Waals surface area (Å²) in [4.78, 5) is 18.6. The molecule has 1 aromatic carbocycles. The third kappa shape index (κ3) is 4.83. The fourth-order valence-corrected chi connectivity index (χ4v) is 3.10. The highest BCUT2D eigenvalue weighted by molar-refractivity contribution is 6.30. The number of aromatic amines is 1. The van der Waals surface area contributed by atoms with E-state index in [-0.39, 0.29) is 22.1 Å². The standard InChI is InChI=1S/C19H16Cl2F2N4O2/c1-11-5-6-13(20)8-12(11)9-14-16(21)26-18(28)17(25-14)24-10-19(22,23)15-4-2-3-7-27(15)29/h2-8H,9-10H2,1H3,(H,24,25)(H,26,28). The Morgan fingerprint density at radius 1 is 1.28 bits per heavy atom. The lowest BCUT2D eigenvalue weighted by Crippen LogP contribution is -2.41. The second-order valence-electron chi connectivity index (χ2n) is 6.39. The first-order valence-corrected chi connectivity index (χ1v) is 9.27. The van der Waals surface area contributed by atoms with Crippen LogP contribution in [0.2, 0.25) is 10.2 Å². The van der Waals surface area contributed by atoms with Crippen LogP contribution in [0.3, 0.4) is 0 Å². The molecule has 29 heavy (non-hydrogen) atoms. The van der Waals surface area contributed by atoms with Gasteiger partial charge in [0.1, 0.15) is 5.15 Å². The minimum Gasteiger partial charge on any atom is -0.618 e. The van der Waals surface area contributed by atoms with Crippen LogP contribution in [-0.2, 0) is 12.3 Å². The van der Waals surface area contributed by atoms with Crippen molar-refractivity contribution in [3.8, 4) is 0 Å². The molecule has 0 fully saturated rings. The van der Waals surface area contributed by atoms with Crippen LogP contribution >= 0.6 is 23.2 Å². The summed E-state index contributed by atoms with van der Waals surface area (Å²) in [6, 6.07) is 9.00. The summed E-state index contributed by atoms with van der Waals surface area (Å²) in [5.74, 6) is -3.85. The Labute approximate surface area is 174 Å². The number of rotatable bonds is 6. The van der Waals surface area contributed by atoms with Gasteiger partial charge in [0, 0.05) is 23.6 Å². The van der Waals surface area contributed by atoms with Crippen molar-refractivity contribution in [1.29, 1.82) is 0 Å². The molecule has 0 bridgehead atoms. The van der Waals surface area contributed by atoms with E-state index in [0.29, 0.717) is 10.7 Å². The topological polar surface area (TPSA) is 84.7 Å². The average Bonchev–Trinajstić information content (AvgIpc) is 2.66. The van der Waals surface area contributed by atoms with E-state index in [0.717, 1.165) is 23.4 Å². The van der Waals surface area contributed by atoms with Crippen LogP contribution in [0.1, 0.15) is 22.5 Å². The van der Waals surface area contributed by atoms with E-state index >= 15 is 0 Å². The Hall–Kier alpha value is -2.71. The first kappa shape index (κ1) is 21.0. The third-order valence-electron chi connectivity index (χ3n) is 4.28. The van der Waals surface area contributed by atoms with Gasteiger partial charge >= 0.3 is 5.92 Å². The van der Waals surface area contributed by atoms with Gasteiger partial charge in [-0.2, -0.15) is 13.5 Å². The largest absolute Gasteiger partial charge is 0.618 e. The number of hydrogen-bond donors (Lipinski definition) is 2. The number of anilines is 1. The number of aryl methyl sites for hydroxylation is 1. The van der Waals surface area contributed by atoms with E-state index in [4.69, 9.17) is 23.2 Å². The monoisotopic (exact) mass is 440 g/mol. The smallest absolute Gasteiger partial charge is 0.347 e. The van der Waals surface area contributed by atoms with Gasteiger partial charge in [0.25, 0.3) is 11.3 Å². The van der Waals surface area contributed by atoms with E-state index in [1.807, 2.05) is 13.0 Å². The molecule has 6 nitrogen and oxygen atoms in total. The van der Waals surface area contributed by atoms with Crippen molar-refractivity contribution in [1.82, 2.24) is 9.97 Å². The Kier molecular flexibility index (Phi) is 6.04. The molecule has 0 aliphatic carbocycles. The number of H-pyrrole nitrogens is 1. The lowest BCUT2D eigenvalue weighted by Gasteiger charge is -2.16. The molecule has 3 aromatic rings. The molecule has 2 heterocycles. The van der Waals surface area contributed by atoms with Gasteiger partial charge in [-0.15, -0.1) is 0 Å². The molecule has 0 amide bonds. The van der Waals surface area contributed by atoms with Crippen molar-refractivity contribution >= 4 is 29.0 Å². The number of nitrogens with zero attached hydrogens (tertiary/aromatic N) is 2. The summed E-state index contributed by atoms with van der Waals surface area (Å²) in [5, 5.41) is 14.5. The molecule has 2 N–H and O–H groups in total. The van der Waals surface area contributed by atoms with Crippen molar-refractivity contribution in [3.63, 3.8) is 0 Å². The molecule has 0 spiro atoms. The number of hydrogen-bond acceptors (Lipinski definition) is 4. The molecule has 0 aliphatic heterocycles. The Morgan fingerprint density at radius 2 is 2.03 bits per heavy atom. The van der Waals surface area contributed by atoms with E-state index in [1.54, 1.807) is 12.1 Å². The quantitative estimate of drug-likeness (QED) is 0.450. The van der Waals surface area contributed by atoms with Crippen molar-refractivity contribution in [2.45, 2.75) is 19.3 Å². The maximum atomic E-state index is 14.4. The molecule has 0 saturated carbocycles. The lowest BCUT2D eigenvalue weighted by atomic mass is 10.0. The van der Waals surface area contributed by atoms with Crippen molar-refractivity contribution in [2.75, 3.05) is 11.9 Å². The van der Waals surface area contributed by atoms with Gasteiger partial charge in [0.05, 0.1) is 12.2 Å². The first-order chi connectivity index (χ1) is 13.7. The second kappa shape index (κ2) is 8.34. The highest BCUT2D eigenvalue weighted by atomic mass is 35.5. The van der Waals surface area contributed by atoms with Crippen LogP contribution in [-0.4, -0.2) is 16.5 Å². The molecule has 0 radical (unpaired) electrons. The van der Waals surface area contributed by atoms with Gasteiger partial charge in [0.2, 0.25) is 0 Å². The van der Waals surface area contributed by atoms with Crippen LogP contribution in [0.25, 0.3) is 0 Å². The SMILES string of the molecule is Cc1ccc(Cl)cc1Cc1nc(NCC(F)(F)c2cccc[n+]2[O-])c(=O)[nH]c1Cl. The van der Waals surface area contributed by atoms with E-state index in [1.165, 1.54) is 12.1 Å². The van der Waals surface area contributed by atoms with Gasteiger partial charge in [-0.25, -0.2) is 4.98 Å². The number of pyridine rings is 1. The van der Waals surface area contributed by atoms with E-state index in [9.17, 15) is 18.8 Å². The summed E-state index contributed by atoms with van der Waals surface area (Å²) in [5.41, 5.74) is 0.560. The Balaban J connectivity index is 1.85. The summed E-state index contributed by atoms with van der Waals surface area (Å²) in [6.07, 6.45) is 1.22. The predicted octanol–water partition coefficient (Wildman–Crippen LogP) is 3.81. The molecule has 10 heteroatoms. The Morgan fingerprint density at radius 3 is 2.76 bits per heavy atom. The van der Waals surface area contributed by atoms with Gasteiger partial charge in [-0.05, 0) is 36.2 Å². The van der Waals surface area contributed by atoms with E-state index < -0.39 is 23.7 Å². The molecule has 0 aliphatic rings. The number of alkyl halides is 2. The summed E-state index contributed by atoms with van der Waals surface area (Å²) in [6.45, 7) is 0.885. The minimum absolute atomic E-state index is 0.00662. The fourth-order valence-electron chi connectivity index (χ4n) is 2.71. The Bertz CT molecular complexity index is 1110. The summed E-state index contributed by atoms with van der Waals surface area (Å²) in [7, 11) is 0. The fraction of sp³-hybridized carbons (Fsp3) is 0.211. The van der Waals surface area contributed by atoms with Gasteiger partial charge < -0.3 is 15.5 Å². The van der Waals surface area contributed by atoms with Gasteiger partial charge in [-0.1, -0.05) is 29.3 Å². The zero-order valence-corrected chi connectivity index (χ0v) is 16.7. The minimum atomic E-state index is -3.53. The van der Waals surface area contributed by atoms with Gasteiger partial charge in [-0.3, -0.25) is 4.79 Å². The van der Waals surface area contributed by atoms with E-state index in [2.05, 4.69) is 15.3 Å². The normalized spacial score (nSPS) is 11.5. The van der Waals surface area contributed by atoms with Gasteiger partial charge in [0.15, 0.2) is 12.0 Å². The van der Waals surface area contributed by atoms with Crippen LogP contribution < -0.4 is 15.6 Å². The number of nitrogens with one attached hydrogen (secondary N) is 2. The number of benzene rings is 1. The van der Waals surface area contributed by atoms with Crippen LogP contribution in [0.5, 0.6) is 0 Å². The summed E-state index contributed by atoms with van der Waals surface area (Å²) < 4.78 is 28.9. The summed E-state index contributed by atoms with van der Waals surface area (Å²) >= 11 is 12.1. The third-order valence-corrected chi connectivity index (χ3v) is 4.83. The maximum absolute atomic E-state index is 14.4. The molecule has 0 atom stereocenters. The van der Waals surface area contributed by atoms with Crippen molar-refractivity contribution < 1.29 is 13.5 Å². The molecular weight excluding hydrogens is 425 g/mol. The van der Waals surface area contributed by atoms with Crippen LogP contribution in [0.4, 0.5) is 14.6 Å². The zero-order chi connectivity index (χ0) is 21.2. The molecule has 2 aromatic heterocycles. The molecular formula is C19H16Cl2F2N4O2. The molecule has 152 valence electrons. The predicted molar refractivity (Wildman–Crippen MR) is 107 cm³/mol. The zero-order valence-electron chi connectivity index (χ0n) is 15.2. The second-order valence-corrected chi connectivity index (χ2v) is 7.21. The molecule has 3 rings (SSSR count). The molecule has 0 unspecified atom stereocenters. The van der Waals surface area contributed by atoms with Crippen LogP contribution in [0, 0.1) is 12.1 Å². The molecule has 0 saturated heterocycles. The lowest BCUT2D eigenvalue weighted by molar-refractivity contribution is -0.624. The van der Waals surface area contributed by atoms with Crippen LogP contribution in [0.15, 0.2) is 47.4 Å². The highest BCUT2D eigenvalue weighted by Crippen LogP contribution is 2.25. The van der Waals surface area contributed by atoms with Crippen molar-refractivity contribution in [3.05, 3.63) is 90.8 Å². The first-order valence-electron chi connectivity index (χ1n) is 8.51. The highest BCUT2D eigenvalue weighted by Gasteiger charge is 2.39. The number of aromatic nitrogens is 3. The maximum Gasteiger partial charge on any atom is 0.347 e. The van der Waals surface area contributed by atoms with Crippen molar-refractivity contribution in [2.24, 2.45) is 0 Å².